The molecule has 0 aromatic rings. The smallest absolute Gasteiger partial charge is 0.0589 e. The number of rotatable bonds is 9. The first-order valence-corrected chi connectivity index (χ1v) is 5.18. The van der Waals surface area contributed by atoms with E-state index >= 15 is 0 Å². The van der Waals surface area contributed by atoms with Crippen LogP contribution in [0.15, 0.2) is 0 Å². The molecular formula is C10H24N2O2. The highest BCUT2D eigenvalue weighted by molar-refractivity contribution is 4.67. The van der Waals surface area contributed by atoms with Crippen LogP contribution in [0.2, 0.25) is 0 Å². The Kier molecular flexibility index (Phi) is 9.29. The Balaban J connectivity index is 3.81. The first-order valence-electron chi connectivity index (χ1n) is 5.18. The summed E-state index contributed by atoms with van der Waals surface area (Å²) in [6.07, 6.45) is 1.02. The molecule has 1 atom stereocenters. The van der Waals surface area contributed by atoms with Crippen molar-refractivity contribution < 1.29 is 9.47 Å². The maximum absolute atomic E-state index is 5.54. The summed E-state index contributed by atoms with van der Waals surface area (Å²) >= 11 is 0. The summed E-state index contributed by atoms with van der Waals surface area (Å²) in [5.74, 6) is 0. The van der Waals surface area contributed by atoms with Gasteiger partial charge in [0, 0.05) is 33.4 Å². The monoisotopic (exact) mass is 204 g/mol. The van der Waals surface area contributed by atoms with E-state index in [0.29, 0.717) is 6.04 Å². The predicted octanol–water partition coefficient (Wildman–Crippen LogP) is 0.319. The third-order valence-electron chi connectivity index (χ3n) is 2.37. The minimum Gasteiger partial charge on any atom is -0.383 e. The fraction of sp³-hybridized carbons (Fsp3) is 1.00. The molecule has 0 bridgehead atoms. The van der Waals surface area contributed by atoms with E-state index in [2.05, 4.69) is 11.8 Å². The van der Waals surface area contributed by atoms with Crippen molar-refractivity contribution in [2.24, 2.45) is 5.73 Å². The highest BCUT2D eigenvalue weighted by atomic mass is 16.5. The minimum absolute atomic E-state index is 0.505. The van der Waals surface area contributed by atoms with Gasteiger partial charge in [0.2, 0.25) is 0 Å². The lowest BCUT2D eigenvalue weighted by Gasteiger charge is -2.28. The molecule has 0 fully saturated rings. The van der Waals surface area contributed by atoms with Gasteiger partial charge in [-0.3, -0.25) is 4.90 Å². The molecule has 0 saturated carbocycles. The van der Waals surface area contributed by atoms with Crippen molar-refractivity contribution in [1.82, 2.24) is 4.90 Å². The summed E-state index contributed by atoms with van der Waals surface area (Å²) < 4.78 is 10.1. The Morgan fingerprint density at radius 2 is 1.64 bits per heavy atom. The standard InChI is InChI=1S/C10H24N2O2/c1-10(4-5-11)12(6-8-13-2)7-9-14-3/h10H,4-9,11H2,1-3H3. The Morgan fingerprint density at radius 3 is 2.00 bits per heavy atom. The van der Waals surface area contributed by atoms with Gasteiger partial charge in [-0.2, -0.15) is 0 Å². The lowest BCUT2D eigenvalue weighted by Crippen LogP contribution is -2.39. The molecule has 0 aliphatic heterocycles. The SMILES string of the molecule is COCCN(CCOC)C(C)CCN. The van der Waals surface area contributed by atoms with E-state index in [1.165, 1.54) is 0 Å². The molecule has 0 amide bonds. The summed E-state index contributed by atoms with van der Waals surface area (Å²) in [7, 11) is 3.45. The average Bonchev–Trinajstić information content (AvgIpc) is 2.18. The number of hydrogen-bond acceptors (Lipinski definition) is 4. The van der Waals surface area contributed by atoms with Gasteiger partial charge in [-0.1, -0.05) is 0 Å². The van der Waals surface area contributed by atoms with Crippen molar-refractivity contribution in [2.75, 3.05) is 47.1 Å². The van der Waals surface area contributed by atoms with Gasteiger partial charge >= 0.3 is 0 Å². The van der Waals surface area contributed by atoms with E-state index in [1.807, 2.05) is 0 Å². The molecule has 0 radical (unpaired) electrons. The van der Waals surface area contributed by atoms with Crippen LogP contribution in [0, 0.1) is 0 Å². The highest BCUT2D eigenvalue weighted by Gasteiger charge is 2.11. The van der Waals surface area contributed by atoms with Crippen LogP contribution in [0.4, 0.5) is 0 Å². The Bertz CT molecular complexity index is 115. The third-order valence-corrected chi connectivity index (χ3v) is 2.37. The molecule has 14 heavy (non-hydrogen) atoms. The van der Waals surface area contributed by atoms with Crippen LogP contribution in [-0.2, 0) is 9.47 Å². The first kappa shape index (κ1) is 13.8. The summed E-state index contributed by atoms with van der Waals surface area (Å²) in [6, 6.07) is 0.505. The molecule has 1 unspecified atom stereocenters. The van der Waals surface area contributed by atoms with Crippen molar-refractivity contribution in [3.8, 4) is 0 Å². The lowest BCUT2D eigenvalue weighted by molar-refractivity contribution is 0.0901. The van der Waals surface area contributed by atoms with Crippen LogP contribution in [0.1, 0.15) is 13.3 Å². The number of hydrogen-bond donors (Lipinski definition) is 1. The fourth-order valence-electron chi connectivity index (χ4n) is 1.39. The van der Waals surface area contributed by atoms with E-state index < -0.39 is 0 Å². The Labute approximate surface area is 87.4 Å². The molecule has 86 valence electrons. The molecule has 0 aromatic carbocycles. The largest absolute Gasteiger partial charge is 0.383 e. The molecular weight excluding hydrogens is 180 g/mol. The number of nitrogens with two attached hydrogens (primary N) is 1. The van der Waals surface area contributed by atoms with Crippen LogP contribution in [-0.4, -0.2) is 58.0 Å². The molecule has 0 spiro atoms. The maximum atomic E-state index is 5.54. The third kappa shape index (κ3) is 6.32. The van der Waals surface area contributed by atoms with Crippen LogP contribution in [0.5, 0.6) is 0 Å². The highest BCUT2D eigenvalue weighted by Crippen LogP contribution is 2.02. The molecule has 0 aliphatic rings. The topological polar surface area (TPSA) is 47.7 Å². The molecule has 4 nitrogen and oxygen atoms in total. The van der Waals surface area contributed by atoms with E-state index in [9.17, 15) is 0 Å². The molecule has 2 N–H and O–H groups in total. The molecule has 0 saturated heterocycles. The van der Waals surface area contributed by atoms with Gasteiger partial charge in [-0.05, 0) is 19.9 Å². The lowest BCUT2D eigenvalue weighted by atomic mass is 10.2. The molecule has 0 heterocycles. The summed E-state index contributed by atoms with van der Waals surface area (Å²) in [4.78, 5) is 2.35. The van der Waals surface area contributed by atoms with Gasteiger partial charge in [0.25, 0.3) is 0 Å². The van der Waals surface area contributed by atoms with E-state index in [1.54, 1.807) is 14.2 Å². The summed E-state index contributed by atoms with van der Waals surface area (Å²) in [5.41, 5.74) is 5.54. The average molecular weight is 204 g/mol. The molecule has 4 heteroatoms. The van der Waals surface area contributed by atoms with Gasteiger partial charge in [0.05, 0.1) is 13.2 Å². The Morgan fingerprint density at radius 1 is 1.14 bits per heavy atom. The van der Waals surface area contributed by atoms with Crippen molar-refractivity contribution in [3.63, 3.8) is 0 Å². The number of ether oxygens (including phenoxy) is 2. The normalized spacial score (nSPS) is 13.5. The van der Waals surface area contributed by atoms with Gasteiger partial charge < -0.3 is 15.2 Å². The predicted molar refractivity (Wildman–Crippen MR) is 58.5 cm³/mol. The van der Waals surface area contributed by atoms with Crippen LogP contribution in [0.25, 0.3) is 0 Å². The van der Waals surface area contributed by atoms with E-state index in [4.69, 9.17) is 15.2 Å². The first-order chi connectivity index (χ1) is 6.76. The van der Waals surface area contributed by atoms with Gasteiger partial charge in [0.15, 0.2) is 0 Å². The molecule has 0 rings (SSSR count). The zero-order valence-corrected chi connectivity index (χ0v) is 9.66. The molecule has 0 aliphatic carbocycles. The summed E-state index contributed by atoms with van der Waals surface area (Å²) in [6.45, 7) is 6.34. The van der Waals surface area contributed by atoms with E-state index in [-0.39, 0.29) is 0 Å². The van der Waals surface area contributed by atoms with Crippen LogP contribution >= 0.6 is 0 Å². The van der Waals surface area contributed by atoms with Crippen molar-refractivity contribution in [3.05, 3.63) is 0 Å². The van der Waals surface area contributed by atoms with Crippen molar-refractivity contribution >= 4 is 0 Å². The fourth-order valence-corrected chi connectivity index (χ4v) is 1.39. The van der Waals surface area contributed by atoms with Gasteiger partial charge in [0.1, 0.15) is 0 Å². The second-order valence-corrected chi connectivity index (χ2v) is 3.45. The second-order valence-electron chi connectivity index (χ2n) is 3.45. The minimum atomic E-state index is 0.505. The zero-order valence-electron chi connectivity index (χ0n) is 9.66. The number of methoxy groups -OCH3 is 2. The summed E-state index contributed by atoms with van der Waals surface area (Å²) in [5, 5.41) is 0. The van der Waals surface area contributed by atoms with Crippen molar-refractivity contribution in [1.29, 1.82) is 0 Å². The van der Waals surface area contributed by atoms with Gasteiger partial charge in [-0.25, -0.2) is 0 Å². The van der Waals surface area contributed by atoms with E-state index in [0.717, 1.165) is 39.3 Å². The zero-order chi connectivity index (χ0) is 10.8. The molecule has 0 aromatic heterocycles. The quantitative estimate of drug-likeness (QED) is 0.587. The van der Waals surface area contributed by atoms with Gasteiger partial charge in [-0.15, -0.1) is 0 Å². The number of nitrogens with zero attached hydrogens (tertiary/aromatic N) is 1. The van der Waals surface area contributed by atoms with Crippen LogP contribution in [0.3, 0.4) is 0 Å². The van der Waals surface area contributed by atoms with Crippen LogP contribution < -0.4 is 5.73 Å². The maximum Gasteiger partial charge on any atom is 0.0589 e. The van der Waals surface area contributed by atoms with Crippen molar-refractivity contribution in [2.45, 2.75) is 19.4 Å². The Hall–Kier alpha value is -0.160. The second kappa shape index (κ2) is 9.40.